The summed E-state index contributed by atoms with van der Waals surface area (Å²) >= 11 is 0. The summed E-state index contributed by atoms with van der Waals surface area (Å²) in [7, 11) is 1.63. The second-order valence-electron chi connectivity index (χ2n) is 5.96. The van der Waals surface area contributed by atoms with Gasteiger partial charge >= 0.3 is 0 Å². The molecule has 0 amide bonds. The van der Waals surface area contributed by atoms with E-state index in [4.69, 9.17) is 4.74 Å². The van der Waals surface area contributed by atoms with Gasteiger partial charge in [-0.15, -0.1) is 0 Å². The molecule has 0 saturated carbocycles. The molecule has 0 bridgehead atoms. The highest BCUT2D eigenvalue weighted by Crippen LogP contribution is 2.24. The molecule has 0 spiro atoms. The Balaban J connectivity index is 1.79. The largest absolute Gasteiger partial charge is 0.497 e. The predicted molar refractivity (Wildman–Crippen MR) is 104 cm³/mol. The first-order valence-electron chi connectivity index (χ1n) is 8.20. The molecule has 2 N–H and O–H groups in total. The molecule has 0 heterocycles. The van der Waals surface area contributed by atoms with Crippen molar-refractivity contribution in [2.75, 3.05) is 12.4 Å². The topological polar surface area (TPSA) is 75.6 Å². The van der Waals surface area contributed by atoms with E-state index in [-0.39, 0.29) is 5.69 Å². The van der Waals surface area contributed by atoms with E-state index in [1.54, 1.807) is 19.2 Å². The highest BCUT2D eigenvalue weighted by Gasteiger charge is 2.22. The van der Waals surface area contributed by atoms with Crippen LogP contribution in [0.3, 0.4) is 0 Å². The van der Waals surface area contributed by atoms with E-state index in [9.17, 15) is 14.7 Å². The molecule has 0 aliphatic carbocycles. The highest BCUT2D eigenvalue weighted by molar-refractivity contribution is 5.82. The van der Waals surface area contributed by atoms with Crippen LogP contribution in [-0.4, -0.2) is 18.4 Å². The van der Waals surface area contributed by atoms with Gasteiger partial charge in [0.1, 0.15) is 17.7 Å². The number of aliphatic hydroxyl groups excluding tert-OH is 1. The number of benzene rings is 2. The van der Waals surface area contributed by atoms with Gasteiger partial charge in [0.2, 0.25) is 10.9 Å². The van der Waals surface area contributed by atoms with Crippen LogP contribution in [0, 0.1) is 0 Å². The molecule has 0 saturated heterocycles. The van der Waals surface area contributed by atoms with Gasteiger partial charge in [0.15, 0.2) is 0 Å². The number of hydrogen-bond acceptors (Lipinski definition) is 5. The van der Waals surface area contributed by atoms with Crippen molar-refractivity contribution in [1.82, 2.24) is 0 Å². The summed E-state index contributed by atoms with van der Waals surface area (Å²) in [6.45, 7) is 1.49. The Morgan fingerprint density at radius 3 is 1.96 bits per heavy atom. The molecule has 5 nitrogen and oxygen atoms in total. The maximum Gasteiger partial charge on any atom is 0.250 e. The summed E-state index contributed by atoms with van der Waals surface area (Å²) in [6.07, 6.45) is 3.04. The molecule has 0 aliphatic rings. The van der Waals surface area contributed by atoms with Gasteiger partial charge in [-0.2, -0.15) is 0 Å². The second-order valence-corrected chi connectivity index (χ2v) is 5.96. The van der Waals surface area contributed by atoms with Crippen LogP contribution in [0.2, 0.25) is 0 Å². The molecule has 5 heteroatoms. The molecule has 3 aromatic rings. The second kappa shape index (κ2) is 7.37. The Hall–Kier alpha value is -3.18. The fourth-order valence-electron chi connectivity index (χ4n) is 2.68. The molecule has 0 aromatic heterocycles. The number of rotatable bonds is 6. The average molecular weight is 349 g/mol. The third kappa shape index (κ3) is 3.58. The molecule has 1 atom stereocenters. The van der Waals surface area contributed by atoms with E-state index in [0.717, 1.165) is 16.9 Å². The summed E-state index contributed by atoms with van der Waals surface area (Å²) in [5.41, 5.74) is 2.03. The lowest BCUT2D eigenvalue weighted by molar-refractivity contribution is 0.224. The van der Waals surface area contributed by atoms with Gasteiger partial charge in [-0.05, 0) is 35.7 Å². The molecule has 132 valence electrons. The third-order valence-electron chi connectivity index (χ3n) is 4.05. The van der Waals surface area contributed by atoms with Gasteiger partial charge in [0.05, 0.1) is 12.7 Å². The van der Waals surface area contributed by atoms with Crippen molar-refractivity contribution in [3.05, 3.63) is 80.1 Å². The summed E-state index contributed by atoms with van der Waals surface area (Å²) in [6, 6.07) is 15.0. The molecule has 26 heavy (non-hydrogen) atoms. The minimum Gasteiger partial charge on any atom is -0.497 e. The van der Waals surface area contributed by atoms with Crippen LogP contribution in [0.25, 0.3) is 23.3 Å². The number of hydrogen-bond donors (Lipinski definition) is 2. The molecular formula is C21H19NO4. The van der Waals surface area contributed by atoms with Crippen LogP contribution < -0.4 is 20.9 Å². The van der Waals surface area contributed by atoms with Crippen molar-refractivity contribution in [3.8, 4) is 16.9 Å². The Bertz CT molecular complexity index is 992. The maximum absolute atomic E-state index is 11.8. The number of nitrogens with one attached hydrogen (secondary N) is 1. The maximum atomic E-state index is 11.8. The SMILES string of the molecule is COc1ccc(/C=C/c2ccc(-c3c(NC(C)O)c(=O)c3=O)cc2)cc1. The fraction of sp³-hybridized carbons (Fsp3) is 0.143. The van der Waals surface area contributed by atoms with Crippen molar-refractivity contribution in [1.29, 1.82) is 0 Å². The van der Waals surface area contributed by atoms with Crippen molar-refractivity contribution >= 4 is 17.8 Å². The van der Waals surface area contributed by atoms with Crippen molar-refractivity contribution in [2.24, 2.45) is 0 Å². The van der Waals surface area contributed by atoms with E-state index in [1.165, 1.54) is 6.92 Å². The summed E-state index contributed by atoms with van der Waals surface area (Å²) in [5, 5.41) is 12.0. The Morgan fingerprint density at radius 2 is 1.46 bits per heavy atom. The van der Waals surface area contributed by atoms with Crippen molar-refractivity contribution in [3.63, 3.8) is 0 Å². The molecular weight excluding hydrogens is 330 g/mol. The first kappa shape index (κ1) is 17.6. The van der Waals surface area contributed by atoms with Crippen LogP contribution in [0.15, 0.2) is 58.1 Å². The quantitative estimate of drug-likeness (QED) is 0.407. The zero-order chi connectivity index (χ0) is 18.7. The average Bonchev–Trinajstić information content (AvgIpc) is 2.66. The molecule has 0 radical (unpaired) electrons. The Labute approximate surface area is 150 Å². The number of ether oxygens (including phenoxy) is 1. The van der Waals surface area contributed by atoms with Gasteiger partial charge in [0, 0.05) is 0 Å². The van der Waals surface area contributed by atoms with Crippen molar-refractivity contribution in [2.45, 2.75) is 13.2 Å². The van der Waals surface area contributed by atoms with Gasteiger partial charge in [-0.25, -0.2) is 0 Å². The lowest BCUT2D eigenvalue weighted by Crippen LogP contribution is -2.38. The molecule has 3 aromatic carbocycles. The smallest absolute Gasteiger partial charge is 0.250 e. The molecule has 1 unspecified atom stereocenters. The number of methoxy groups -OCH3 is 1. The number of anilines is 1. The summed E-state index contributed by atoms with van der Waals surface area (Å²) in [4.78, 5) is 23.5. The van der Waals surface area contributed by atoms with E-state index < -0.39 is 17.1 Å². The normalized spacial score (nSPS) is 12.4. The predicted octanol–water partition coefficient (Wildman–Crippen LogP) is 2.88. The molecule has 0 fully saturated rings. The zero-order valence-corrected chi connectivity index (χ0v) is 14.5. The van der Waals surface area contributed by atoms with E-state index in [0.29, 0.717) is 11.1 Å². The van der Waals surface area contributed by atoms with Gasteiger partial charge in [0.25, 0.3) is 0 Å². The lowest BCUT2D eigenvalue weighted by Gasteiger charge is -2.15. The van der Waals surface area contributed by atoms with E-state index in [2.05, 4.69) is 5.32 Å². The zero-order valence-electron chi connectivity index (χ0n) is 14.5. The minimum absolute atomic E-state index is 0.173. The minimum atomic E-state index is -0.899. The standard InChI is InChI=1S/C21H19NO4/c1-13(23)22-19-18(20(24)21(19)25)16-9-5-14(6-10-16)3-4-15-7-11-17(26-2)12-8-15/h3-13,22-23H,1-2H3/b4-3+. The van der Waals surface area contributed by atoms with Gasteiger partial charge in [-0.1, -0.05) is 48.6 Å². The van der Waals surface area contributed by atoms with Crippen LogP contribution in [0.4, 0.5) is 5.69 Å². The summed E-state index contributed by atoms with van der Waals surface area (Å²) < 4.78 is 5.13. The van der Waals surface area contributed by atoms with Crippen LogP contribution >= 0.6 is 0 Å². The lowest BCUT2D eigenvalue weighted by atomic mass is 9.97. The third-order valence-corrected chi connectivity index (χ3v) is 4.05. The Morgan fingerprint density at radius 1 is 0.923 bits per heavy atom. The van der Waals surface area contributed by atoms with Crippen LogP contribution in [-0.2, 0) is 0 Å². The number of aliphatic hydroxyl groups is 1. The van der Waals surface area contributed by atoms with E-state index >= 15 is 0 Å². The molecule has 0 aliphatic heterocycles. The Kier molecular flexibility index (Phi) is 5.00. The first-order valence-corrected chi connectivity index (χ1v) is 8.20. The van der Waals surface area contributed by atoms with E-state index in [1.807, 2.05) is 48.6 Å². The van der Waals surface area contributed by atoms with Crippen molar-refractivity contribution < 1.29 is 9.84 Å². The molecule has 3 rings (SSSR count). The summed E-state index contributed by atoms with van der Waals surface area (Å²) in [5.74, 6) is 0.807. The van der Waals surface area contributed by atoms with Crippen LogP contribution in [0.5, 0.6) is 5.75 Å². The van der Waals surface area contributed by atoms with Crippen LogP contribution in [0.1, 0.15) is 18.1 Å². The fourth-order valence-corrected chi connectivity index (χ4v) is 2.68. The highest BCUT2D eigenvalue weighted by atomic mass is 16.5. The van der Waals surface area contributed by atoms with Gasteiger partial charge < -0.3 is 15.2 Å². The van der Waals surface area contributed by atoms with Gasteiger partial charge in [-0.3, -0.25) is 9.59 Å². The first-order chi connectivity index (χ1) is 12.5. The monoisotopic (exact) mass is 349 g/mol.